The second kappa shape index (κ2) is 5.90. The van der Waals surface area contributed by atoms with Gasteiger partial charge in [-0.1, -0.05) is 17.7 Å². The molecule has 0 saturated carbocycles. The number of benzene rings is 1. The third kappa shape index (κ3) is 3.47. The average molecular weight is 282 g/mol. The lowest BCUT2D eigenvalue weighted by Crippen LogP contribution is -2.29. The molecular formula is C14H20ClN3O. The maximum Gasteiger partial charge on any atom is 0.248 e. The molecule has 0 aliphatic carbocycles. The van der Waals surface area contributed by atoms with E-state index in [-0.39, 0.29) is 6.04 Å². The number of nitrogens with zero attached hydrogens (tertiary/aromatic N) is 1. The van der Waals surface area contributed by atoms with Crippen LogP contribution in [0.5, 0.6) is 0 Å². The summed E-state index contributed by atoms with van der Waals surface area (Å²) in [5.74, 6) is 0.107. The zero-order valence-electron chi connectivity index (χ0n) is 11.1. The summed E-state index contributed by atoms with van der Waals surface area (Å²) in [5, 5.41) is 0.598. The Morgan fingerprint density at radius 3 is 2.84 bits per heavy atom. The predicted octanol–water partition coefficient (Wildman–Crippen LogP) is 1.61. The molecule has 0 radical (unpaired) electrons. The van der Waals surface area contributed by atoms with Gasteiger partial charge in [0.05, 0.1) is 0 Å². The molecule has 104 valence electrons. The minimum Gasteiger partial charge on any atom is -0.366 e. The molecule has 1 aromatic carbocycles. The fourth-order valence-electron chi connectivity index (χ4n) is 2.51. The molecule has 1 fully saturated rings. The van der Waals surface area contributed by atoms with Crippen molar-refractivity contribution in [2.75, 3.05) is 13.1 Å². The quantitative estimate of drug-likeness (QED) is 0.881. The molecule has 2 unspecified atom stereocenters. The average Bonchev–Trinajstić information content (AvgIpc) is 2.80. The van der Waals surface area contributed by atoms with E-state index in [9.17, 15) is 4.79 Å². The number of nitrogens with two attached hydrogens (primary N) is 2. The first-order chi connectivity index (χ1) is 8.97. The van der Waals surface area contributed by atoms with E-state index in [2.05, 4.69) is 11.8 Å². The third-order valence-electron chi connectivity index (χ3n) is 3.78. The SMILES string of the molecule is CC(N)C1CCN(Cc2ccc(C(N)=O)cc2Cl)C1. The molecule has 2 atom stereocenters. The van der Waals surface area contributed by atoms with Gasteiger partial charge in [0.1, 0.15) is 0 Å². The smallest absolute Gasteiger partial charge is 0.248 e. The standard InChI is InChI=1S/C14H20ClN3O/c1-9(16)11-4-5-18(7-11)8-12-3-2-10(14(17)19)6-13(12)15/h2-3,6,9,11H,4-5,7-8,16H2,1H3,(H2,17,19). The first-order valence-corrected chi connectivity index (χ1v) is 6.91. The number of primary amides is 1. The number of carbonyl (C=O) groups excluding carboxylic acids is 1. The Bertz CT molecular complexity index is 476. The van der Waals surface area contributed by atoms with Gasteiger partial charge in [0.25, 0.3) is 0 Å². The van der Waals surface area contributed by atoms with Crippen LogP contribution in [0.1, 0.15) is 29.3 Å². The molecule has 1 aliphatic rings. The molecule has 0 spiro atoms. The van der Waals surface area contributed by atoms with Crippen molar-refractivity contribution < 1.29 is 4.79 Å². The van der Waals surface area contributed by atoms with E-state index >= 15 is 0 Å². The van der Waals surface area contributed by atoms with E-state index in [4.69, 9.17) is 23.1 Å². The van der Waals surface area contributed by atoms with Crippen molar-refractivity contribution >= 4 is 17.5 Å². The van der Waals surface area contributed by atoms with E-state index in [0.29, 0.717) is 16.5 Å². The minimum absolute atomic E-state index is 0.234. The Labute approximate surface area is 118 Å². The minimum atomic E-state index is -0.452. The lowest BCUT2D eigenvalue weighted by molar-refractivity contribution is 0.100. The zero-order chi connectivity index (χ0) is 14.0. The highest BCUT2D eigenvalue weighted by atomic mass is 35.5. The number of rotatable bonds is 4. The van der Waals surface area contributed by atoms with Crippen LogP contribution in [0, 0.1) is 5.92 Å². The van der Waals surface area contributed by atoms with Crippen LogP contribution < -0.4 is 11.5 Å². The predicted molar refractivity (Wildman–Crippen MR) is 77.0 cm³/mol. The van der Waals surface area contributed by atoms with Crippen LogP contribution in [0.3, 0.4) is 0 Å². The van der Waals surface area contributed by atoms with Gasteiger partial charge in [-0.15, -0.1) is 0 Å². The molecule has 19 heavy (non-hydrogen) atoms. The number of hydrogen-bond acceptors (Lipinski definition) is 3. The van der Waals surface area contributed by atoms with Crippen molar-refractivity contribution in [3.05, 3.63) is 34.3 Å². The topological polar surface area (TPSA) is 72.3 Å². The summed E-state index contributed by atoms with van der Waals surface area (Å²) in [6, 6.07) is 5.47. The van der Waals surface area contributed by atoms with Crippen LogP contribution in [0.2, 0.25) is 5.02 Å². The van der Waals surface area contributed by atoms with Crippen molar-refractivity contribution in [3.8, 4) is 0 Å². The lowest BCUT2D eigenvalue weighted by atomic mass is 10.0. The van der Waals surface area contributed by atoms with Gasteiger partial charge in [0, 0.05) is 29.7 Å². The van der Waals surface area contributed by atoms with Gasteiger partial charge in [-0.3, -0.25) is 9.69 Å². The van der Waals surface area contributed by atoms with Crippen LogP contribution in [-0.2, 0) is 6.54 Å². The summed E-state index contributed by atoms with van der Waals surface area (Å²) >= 11 is 6.19. The lowest BCUT2D eigenvalue weighted by Gasteiger charge is -2.18. The molecule has 1 saturated heterocycles. The maximum atomic E-state index is 11.1. The Hall–Kier alpha value is -1.10. The number of carbonyl (C=O) groups is 1. The molecule has 1 aromatic rings. The van der Waals surface area contributed by atoms with E-state index in [1.54, 1.807) is 12.1 Å². The number of hydrogen-bond donors (Lipinski definition) is 2. The van der Waals surface area contributed by atoms with E-state index < -0.39 is 5.91 Å². The van der Waals surface area contributed by atoms with Gasteiger partial charge in [-0.2, -0.15) is 0 Å². The van der Waals surface area contributed by atoms with Crippen LogP contribution in [0.15, 0.2) is 18.2 Å². The maximum absolute atomic E-state index is 11.1. The summed E-state index contributed by atoms with van der Waals surface area (Å²) in [5.41, 5.74) is 12.6. The first-order valence-electron chi connectivity index (χ1n) is 6.53. The molecule has 4 N–H and O–H groups in total. The van der Waals surface area contributed by atoms with Crippen LogP contribution in [0.4, 0.5) is 0 Å². The summed E-state index contributed by atoms with van der Waals surface area (Å²) in [7, 11) is 0. The highest BCUT2D eigenvalue weighted by molar-refractivity contribution is 6.31. The Morgan fingerprint density at radius 2 is 2.32 bits per heavy atom. The molecule has 1 aliphatic heterocycles. The van der Waals surface area contributed by atoms with Crippen LogP contribution >= 0.6 is 11.6 Å². The van der Waals surface area contributed by atoms with Gasteiger partial charge in [0.15, 0.2) is 0 Å². The second-order valence-corrected chi connectivity index (χ2v) is 5.72. The van der Waals surface area contributed by atoms with Crippen molar-refractivity contribution in [2.24, 2.45) is 17.4 Å². The van der Waals surface area contributed by atoms with Gasteiger partial charge in [0.2, 0.25) is 5.91 Å². The summed E-state index contributed by atoms with van der Waals surface area (Å²) in [6.45, 7) is 4.90. The molecule has 0 bridgehead atoms. The van der Waals surface area contributed by atoms with Gasteiger partial charge < -0.3 is 11.5 Å². The Morgan fingerprint density at radius 1 is 1.58 bits per heavy atom. The van der Waals surface area contributed by atoms with Crippen molar-refractivity contribution in [3.63, 3.8) is 0 Å². The highest BCUT2D eigenvalue weighted by Crippen LogP contribution is 2.24. The number of halogens is 1. The fraction of sp³-hybridized carbons (Fsp3) is 0.500. The number of amides is 1. The van der Waals surface area contributed by atoms with Crippen LogP contribution in [0.25, 0.3) is 0 Å². The van der Waals surface area contributed by atoms with Crippen molar-refractivity contribution in [2.45, 2.75) is 25.9 Å². The Balaban J connectivity index is 2.02. The van der Waals surface area contributed by atoms with Crippen molar-refractivity contribution in [1.82, 2.24) is 4.90 Å². The van der Waals surface area contributed by atoms with Crippen molar-refractivity contribution in [1.29, 1.82) is 0 Å². The van der Waals surface area contributed by atoms with Gasteiger partial charge >= 0.3 is 0 Å². The molecule has 1 amide bonds. The molecule has 2 rings (SSSR count). The fourth-order valence-corrected chi connectivity index (χ4v) is 2.75. The molecule has 5 heteroatoms. The van der Waals surface area contributed by atoms with E-state index in [1.807, 2.05) is 6.07 Å². The third-order valence-corrected chi connectivity index (χ3v) is 4.14. The summed E-state index contributed by atoms with van der Waals surface area (Å²) < 4.78 is 0. The zero-order valence-corrected chi connectivity index (χ0v) is 11.9. The Kier molecular flexibility index (Phi) is 4.45. The van der Waals surface area contributed by atoms with E-state index in [1.165, 1.54) is 0 Å². The summed E-state index contributed by atoms with van der Waals surface area (Å²) in [6.07, 6.45) is 1.13. The molecular weight excluding hydrogens is 262 g/mol. The number of likely N-dealkylation sites (tertiary alicyclic amines) is 1. The molecule has 1 heterocycles. The second-order valence-electron chi connectivity index (χ2n) is 5.31. The van der Waals surface area contributed by atoms with Crippen LogP contribution in [-0.4, -0.2) is 29.9 Å². The summed E-state index contributed by atoms with van der Waals surface area (Å²) in [4.78, 5) is 13.4. The molecule has 0 aromatic heterocycles. The van der Waals surface area contributed by atoms with E-state index in [0.717, 1.165) is 31.6 Å². The van der Waals surface area contributed by atoms with Gasteiger partial charge in [-0.25, -0.2) is 0 Å². The molecule has 4 nitrogen and oxygen atoms in total. The largest absolute Gasteiger partial charge is 0.366 e. The highest BCUT2D eigenvalue weighted by Gasteiger charge is 2.25. The normalized spacial score (nSPS) is 21.5. The van der Waals surface area contributed by atoms with Gasteiger partial charge in [-0.05, 0) is 43.5 Å². The monoisotopic (exact) mass is 281 g/mol. The first kappa shape index (κ1) is 14.3.